The zero-order valence-electron chi connectivity index (χ0n) is 9.85. The third kappa shape index (κ3) is 4.28. The molecule has 0 aromatic rings. The van der Waals surface area contributed by atoms with E-state index in [1.54, 1.807) is 0 Å². The topological polar surface area (TPSA) is 9.23 Å². The van der Waals surface area contributed by atoms with Crippen molar-refractivity contribution in [3.63, 3.8) is 0 Å². The Balaban J connectivity index is 0.00000128. The Morgan fingerprint density at radius 1 is 1.12 bits per heavy atom. The Bertz CT molecular complexity index is 219. The summed E-state index contributed by atoms with van der Waals surface area (Å²) in [4.78, 5) is 0. The van der Waals surface area contributed by atoms with Gasteiger partial charge in [-0.2, -0.15) is 0 Å². The molecule has 0 aromatic heterocycles. The molecule has 2 fully saturated rings. The molecule has 1 saturated heterocycles. The summed E-state index contributed by atoms with van der Waals surface area (Å²) in [6.45, 7) is -3.80. The van der Waals surface area contributed by atoms with E-state index < -0.39 is 13.3 Å². The Kier molecular flexibility index (Phi) is 5.88. The molecule has 2 rings (SSSR count). The molecule has 0 atom stereocenters. The Morgan fingerprint density at radius 3 is 2.19 bits per heavy atom. The van der Waals surface area contributed by atoms with E-state index in [0.717, 1.165) is 32.3 Å². The second kappa shape index (κ2) is 6.06. The number of ether oxygens (including phenoxy) is 1. The molecule has 0 amide bonds. The number of hydrogen-bond acceptors (Lipinski definition) is 1. The molecule has 16 heavy (non-hydrogen) atoms. The third-order valence-corrected chi connectivity index (χ3v) is 3.80. The SMILES string of the molecule is F[B-](F)(F)CC1CCC2(CCCO2)CC1.[K+]. The van der Waals surface area contributed by atoms with Crippen molar-refractivity contribution in [1.29, 1.82) is 0 Å². The van der Waals surface area contributed by atoms with Crippen LogP contribution in [0.5, 0.6) is 0 Å². The van der Waals surface area contributed by atoms with Crippen LogP contribution in [0.1, 0.15) is 38.5 Å². The summed E-state index contributed by atoms with van der Waals surface area (Å²) < 4.78 is 42.4. The predicted molar refractivity (Wildman–Crippen MR) is 53.8 cm³/mol. The van der Waals surface area contributed by atoms with Crippen molar-refractivity contribution < 1.29 is 69.1 Å². The summed E-state index contributed by atoms with van der Waals surface area (Å²) in [5, 5.41) is 0. The molecule has 0 aromatic carbocycles. The van der Waals surface area contributed by atoms with Crippen LogP contribution < -0.4 is 51.4 Å². The van der Waals surface area contributed by atoms with E-state index >= 15 is 0 Å². The Labute approximate surface area is 137 Å². The van der Waals surface area contributed by atoms with Crippen molar-refractivity contribution in [1.82, 2.24) is 0 Å². The van der Waals surface area contributed by atoms with E-state index in [2.05, 4.69) is 0 Å². The molecule has 88 valence electrons. The van der Waals surface area contributed by atoms with Crippen molar-refractivity contribution in [2.75, 3.05) is 6.61 Å². The first kappa shape index (κ1) is 15.5. The van der Waals surface area contributed by atoms with Crippen molar-refractivity contribution in [2.45, 2.75) is 50.4 Å². The smallest absolute Gasteiger partial charge is 0.449 e. The van der Waals surface area contributed by atoms with Crippen LogP contribution in [-0.4, -0.2) is 19.2 Å². The van der Waals surface area contributed by atoms with Crippen LogP contribution in [-0.2, 0) is 4.74 Å². The van der Waals surface area contributed by atoms with Gasteiger partial charge in [0.2, 0.25) is 0 Å². The van der Waals surface area contributed by atoms with Gasteiger partial charge in [0.25, 0.3) is 0 Å². The van der Waals surface area contributed by atoms with E-state index in [0.29, 0.717) is 12.8 Å². The maximum absolute atomic E-state index is 12.2. The van der Waals surface area contributed by atoms with Crippen molar-refractivity contribution in [3.05, 3.63) is 0 Å². The first-order chi connectivity index (χ1) is 6.99. The molecule has 0 unspecified atom stereocenters. The summed E-state index contributed by atoms with van der Waals surface area (Å²) >= 11 is 0. The third-order valence-electron chi connectivity index (χ3n) is 3.80. The minimum atomic E-state index is -4.60. The van der Waals surface area contributed by atoms with Gasteiger partial charge in [0.05, 0.1) is 5.60 Å². The molecule has 1 spiro atoms. The van der Waals surface area contributed by atoms with Crippen LogP contribution in [0.25, 0.3) is 0 Å². The van der Waals surface area contributed by atoms with Gasteiger partial charge < -0.3 is 17.7 Å². The van der Waals surface area contributed by atoms with Gasteiger partial charge in [0.1, 0.15) is 0 Å². The second-order valence-corrected chi connectivity index (χ2v) is 5.02. The fraction of sp³-hybridized carbons (Fsp3) is 1.00. The summed E-state index contributed by atoms with van der Waals surface area (Å²) in [5.41, 5.74) is -0.0326. The van der Waals surface area contributed by atoms with E-state index in [1.165, 1.54) is 0 Å². The van der Waals surface area contributed by atoms with Crippen molar-refractivity contribution in [3.8, 4) is 0 Å². The molecular weight excluding hydrogens is 243 g/mol. The van der Waals surface area contributed by atoms with E-state index in [1.807, 2.05) is 0 Å². The van der Waals surface area contributed by atoms with Gasteiger partial charge in [-0.3, -0.25) is 0 Å². The molecule has 1 heterocycles. The number of rotatable bonds is 2. The van der Waals surface area contributed by atoms with Crippen molar-refractivity contribution >= 4 is 6.98 Å². The summed E-state index contributed by atoms with van der Waals surface area (Å²) in [6.07, 6.45) is 4.65. The molecule has 1 aliphatic carbocycles. The summed E-state index contributed by atoms with van der Waals surface area (Å²) in [6, 6.07) is 0. The molecule has 2 aliphatic rings. The molecule has 1 aliphatic heterocycles. The van der Waals surface area contributed by atoms with Crippen molar-refractivity contribution in [2.24, 2.45) is 5.92 Å². The van der Waals surface area contributed by atoms with Crippen LogP contribution in [0.3, 0.4) is 0 Å². The first-order valence-electron chi connectivity index (χ1n) is 5.84. The minimum Gasteiger partial charge on any atom is -0.449 e. The van der Waals surface area contributed by atoms with Gasteiger partial charge in [-0.05, 0) is 25.7 Å². The normalized spacial score (nSPS) is 35.1. The van der Waals surface area contributed by atoms with Gasteiger partial charge in [-0.25, -0.2) is 0 Å². The first-order valence-corrected chi connectivity index (χ1v) is 5.84. The quantitative estimate of drug-likeness (QED) is 0.660. The molecule has 0 radical (unpaired) electrons. The standard InChI is InChI=1S/C10H17BF3O.K/c12-11(13,14)8-9-2-5-10(6-3-9)4-1-7-15-10;/h9H,1-8H2;/q-1;+1. The van der Waals surface area contributed by atoms with Gasteiger partial charge in [-0.1, -0.05) is 25.1 Å². The van der Waals surface area contributed by atoms with Crippen LogP contribution in [0, 0.1) is 5.92 Å². The van der Waals surface area contributed by atoms with Crippen LogP contribution in [0.2, 0.25) is 6.32 Å². The molecule has 6 heteroatoms. The molecule has 1 saturated carbocycles. The number of halogens is 3. The van der Waals surface area contributed by atoms with Gasteiger partial charge in [0, 0.05) is 6.61 Å². The van der Waals surface area contributed by atoms with E-state index in [9.17, 15) is 12.9 Å². The van der Waals surface area contributed by atoms with Crippen LogP contribution in [0.4, 0.5) is 12.9 Å². The van der Waals surface area contributed by atoms with Crippen LogP contribution >= 0.6 is 0 Å². The zero-order chi connectivity index (χ0) is 10.9. The average molecular weight is 260 g/mol. The van der Waals surface area contributed by atoms with Gasteiger partial charge in [0.15, 0.2) is 0 Å². The molecule has 1 nitrogen and oxygen atoms in total. The maximum Gasteiger partial charge on any atom is 1.00 e. The largest absolute Gasteiger partial charge is 1.00 e. The second-order valence-electron chi connectivity index (χ2n) is 5.02. The fourth-order valence-electron chi connectivity index (χ4n) is 2.97. The summed E-state index contributed by atoms with van der Waals surface area (Å²) in [5.74, 6) is -0.139. The molecular formula is C10H17BF3KO. The number of hydrogen-bond donors (Lipinski definition) is 0. The van der Waals surface area contributed by atoms with Gasteiger partial charge >= 0.3 is 58.4 Å². The summed E-state index contributed by atoms with van der Waals surface area (Å²) in [7, 11) is 0. The minimum absolute atomic E-state index is 0. The molecule has 0 N–H and O–H groups in total. The predicted octanol–water partition coefficient (Wildman–Crippen LogP) is 0.577. The van der Waals surface area contributed by atoms with E-state index in [-0.39, 0.29) is 62.9 Å². The van der Waals surface area contributed by atoms with Crippen LogP contribution in [0.15, 0.2) is 0 Å². The average Bonchev–Trinajstić information content (AvgIpc) is 2.56. The fourth-order valence-corrected chi connectivity index (χ4v) is 2.97. The maximum atomic E-state index is 12.2. The van der Waals surface area contributed by atoms with E-state index in [4.69, 9.17) is 4.74 Å². The molecule has 0 bridgehead atoms. The van der Waals surface area contributed by atoms with Gasteiger partial charge in [-0.15, -0.1) is 0 Å². The zero-order valence-corrected chi connectivity index (χ0v) is 13.0. The Morgan fingerprint density at radius 2 is 1.75 bits per heavy atom. The Hall–Kier alpha value is 1.45. The monoisotopic (exact) mass is 260 g/mol.